The molecule has 1 aromatic rings. The van der Waals surface area contributed by atoms with E-state index in [0.29, 0.717) is 0 Å². The maximum atomic E-state index is 12.0. The number of halogens is 1. The van der Waals surface area contributed by atoms with E-state index in [9.17, 15) is 4.79 Å². The number of aryl methyl sites for hydroxylation is 1. The molecular formula is C16H21ClO2. The second kappa shape index (κ2) is 6.95. The second-order valence-electron chi connectivity index (χ2n) is 5.20. The van der Waals surface area contributed by atoms with E-state index in [1.165, 1.54) is 19.3 Å². The smallest absolute Gasteiger partial charge is 0.173 e. The van der Waals surface area contributed by atoms with Gasteiger partial charge in [-0.3, -0.25) is 4.79 Å². The van der Waals surface area contributed by atoms with Gasteiger partial charge in [-0.2, -0.15) is 0 Å². The second-order valence-corrected chi connectivity index (χ2v) is 5.60. The molecule has 2 nitrogen and oxygen atoms in total. The van der Waals surface area contributed by atoms with E-state index >= 15 is 0 Å². The molecule has 0 radical (unpaired) electrons. The minimum absolute atomic E-state index is 0.190. The number of hydrogen-bond donors (Lipinski definition) is 0. The van der Waals surface area contributed by atoms with Crippen LogP contribution in [0.4, 0.5) is 0 Å². The van der Waals surface area contributed by atoms with E-state index in [-0.39, 0.29) is 18.3 Å². The van der Waals surface area contributed by atoms with Crippen LogP contribution in [0.5, 0.6) is 5.75 Å². The van der Waals surface area contributed by atoms with Gasteiger partial charge in [0.25, 0.3) is 0 Å². The SMILES string of the molecule is CCc1cc(OCC(=O)C2CCCCC2)ccc1Cl. The van der Waals surface area contributed by atoms with Crippen molar-refractivity contribution in [3.05, 3.63) is 28.8 Å². The molecule has 19 heavy (non-hydrogen) atoms. The average molecular weight is 281 g/mol. The number of carbonyl (C=O) groups excluding carboxylic acids is 1. The van der Waals surface area contributed by atoms with E-state index < -0.39 is 0 Å². The summed E-state index contributed by atoms with van der Waals surface area (Å²) in [5.74, 6) is 1.20. The van der Waals surface area contributed by atoms with Crippen molar-refractivity contribution in [2.24, 2.45) is 5.92 Å². The Balaban J connectivity index is 1.89. The third-order valence-electron chi connectivity index (χ3n) is 3.84. The van der Waals surface area contributed by atoms with Crippen molar-refractivity contribution in [1.29, 1.82) is 0 Å². The van der Waals surface area contributed by atoms with Crippen LogP contribution >= 0.6 is 11.6 Å². The van der Waals surface area contributed by atoms with Crippen molar-refractivity contribution in [3.8, 4) is 5.75 Å². The summed E-state index contributed by atoms with van der Waals surface area (Å²) >= 11 is 6.06. The van der Waals surface area contributed by atoms with Crippen LogP contribution < -0.4 is 4.74 Å². The Bertz CT molecular complexity index is 436. The molecule has 0 amide bonds. The highest BCUT2D eigenvalue weighted by Crippen LogP contribution is 2.26. The van der Waals surface area contributed by atoms with E-state index in [1.54, 1.807) is 0 Å². The lowest BCUT2D eigenvalue weighted by molar-refractivity contribution is -0.125. The fourth-order valence-corrected chi connectivity index (χ4v) is 2.86. The standard InChI is InChI=1S/C16H21ClO2/c1-2-12-10-14(8-9-15(12)17)19-11-16(18)13-6-4-3-5-7-13/h8-10,13H,2-7,11H2,1H3. The third kappa shape index (κ3) is 3.97. The molecule has 0 heterocycles. The highest BCUT2D eigenvalue weighted by molar-refractivity contribution is 6.31. The van der Waals surface area contributed by atoms with Gasteiger partial charge in [0.15, 0.2) is 5.78 Å². The molecule has 2 rings (SSSR count). The van der Waals surface area contributed by atoms with Crippen LogP contribution in [0.1, 0.15) is 44.6 Å². The molecule has 0 atom stereocenters. The number of ketones is 1. The molecule has 0 aliphatic heterocycles. The summed E-state index contributed by atoms with van der Waals surface area (Å²) in [7, 11) is 0. The molecule has 0 bridgehead atoms. The minimum Gasteiger partial charge on any atom is -0.486 e. The van der Waals surface area contributed by atoms with Crippen molar-refractivity contribution >= 4 is 17.4 Å². The predicted octanol–water partition coefficient (Wildman–Crippen LogP) is 4.43. The molecule has 1 aliphatic carbocycles. The highest BCUT2D eigenvalue weighted by atomic mass is 35.5. The highest BCUT2D eigenvalue weighted by Gasteiger charge is 2.21. The van der Waals surface area contributed by atoms with Crippen molar-refractivity contribution < 1.29 is 9.53 Å². The number of carbonyl (C=O) groups is 1. The summed E-state index contributed by atoms with van der Waals surface area (Å²) in [6, 6.07) is 5.59. The fraction of sp³-hybridized carbons (Fsp3) is 0.562. The first kappa shape index (κ1) is 14.4. The van der Waals surface area contributed by atoms with Crippen molar-refractivity contribution in [2.75, 3.05) is 6.61 Å². The maximum absolute atomic E-state index is 12.0. The Hall–Kier alpha value is -1.02. The van der Waals surface area contributed by atoms with E-state index in [4.69, 9.17) is 16.3 Å². The largest absolute Gasteiger partial charge is 0.486 e. The van der Waals surface area contributed by atoms with Crippen LogP contribution in [0.25, 0.3) is 0 Å². The van der Waals surface area contributed by atoms with Crippen molar-refractivity contribution in [2.45, 2.75) is 45.4 Å². The molecule has 104 valence electrons. The Morgan fingerprint density at radius 3 is 2.74 bits per heavy atom. The molecule has 0 saturated heterocycles. The van der Waals surface area contributed by atoms with Crippen LogP contribution in [-0.2, 0) is 11.2 Å². The lowest BCUT2D eigenvalue weighted by Crippen LogP contribution is -2.23. The van der Waals surface area contributed by atoms with Gasteiger partial charge in [0.1, 0.15) is 12.4 Å². The van der Waals surface area contributed by atoms with E-state index in [0.717, 1.165) is 35.6 Å². The van der Waals surface area contributed by atoms with Crippen molar-refractivity contribution in [1.82, 2.24) is 0 Å². The Morgan fingerprint density at radius 2 is 2.05 bits per heavy atom. The summed E-state index contributed by atoms with van der Waals surface area (Å²) in [4.78, 5) is 12.0. The molecule has 1 fully saturated rings. The lowest BCUT2D eigenvalue weighted by atomic mass is 9.86. The molecule has 1 aromatic carbocycles. The molecule has 1 saturated carbocycles. The maximum Gasteiger partial charge on any atom is 0.173 e. The van der Waals surface area contributed by atoms with Crippen LogP contribution in [-0.4, -0.2) is 12.4 Å². The lowest BCUT2D eigenvalue weighted by Gasteiger charge is -2.20. The summed E-state index contributed by atoms with van der Waals surface area (Å²) in [5, 5.41) is 0.758. The average Bonchev–Trinajstić information content (AvgIpc) is 2.47. The van der Waals surface area contributed by atoms with Gasteiger partial charge in [-0.25, -0.2) is 0 Å². The molecule has 0 unspecified atom stereocenters. The summed E-state index contributed by atoms with van der Waals surface area (Å²) in [5.41, 5.74) is 1.06. The fourth-order valence-electron chi connectivity index (χ4n) is 2.61. The Morgan fingerprint density at radius 1 is 1.32 bits per heavy atom. The van der Waals surface area contributed by atoms with Crippen LogP contribution in [0.2, 0.25) is 5.02 Å². The number of ether oxygens (including phenoxy) is 1. The van der Waals surface area contributed by atoms with Gasteiger partial charge in [-0.15, -0.1) is 0 Å². The summed E-state index contributed by atoms with van der Waals surface area (Å²) < 4.78 is 5.61. The third-order valence-corrected chi connectivity index (χ3v) is 4.21. The Labute approximate surface area is 120 Å². The van der Waals surface area contributed by atoms with Crippen LogP contribution in [0.15, 0.2) is 18.2 Å². The topological polar surface area (TPSA) is 26.3 Å². The molecule has 1 aliphatic rings. The number of benzene rings is 1. The zero-order valence-corrected chi connectivity index (χ0v) is 12.2. The van der Waals surface area contributed by atoms with Gasteiger partial charge >= 0.3 is 0 Å². The molecule has 0 aromatic heterocycles. The zero-order chi connectivity index (χ0) is 13.7. The monoisotopic (exact) mass is 280 g/mol. The van der Waals surface area contributed by atoms with Gasteiger partial charge < -0.3 is 4.74 Å². The van der Waals surface area contributed by atoms with Crippen LogP contribution in [0, 0.1) is 5.92 Å². The molecule has 3 heteroatoms. The molecule has 0 spiro atoms. The van der Waals surface area contributed by atoms with Crippen LogP contribution in [0.3, 0.4) is 0 Å². The minimum atomic E-state index is 0.190. The Kier molecular flexibility index (Phi) is 5.26. The van der Waals surface area contributed by atoms with Gasteiger partial charge in [-0.05, 0) is 43.0 Å². The quantitative estimate of drug-likeness (QED) is 0.797. The zero-order valence-electron chi connectivity index (χ0n) is 11.5. The van der Waals surface area contributed by atoms with Gasteiger partial charge in [0.05, 0.1) is 0 Å². The summed E-state index contributed by atoms with van der Waals surface area (Å²) in [6.45, 7) is 2.24. The van der Waals surface area contributed by atoms with Gasteiger partial charge in [-0.1, -0.05) is 37.8 Å². The number of Topliss-reactive ketones (excluding diaryl/α,β-unsaturated/α-hetero) is 1. The van der Waals surface area contributed by atoms with Crippen molar-refractivity contribution in [3.63, 3.8) is 0 Å². The van der Waals surface area contributed by atoms with Gasteiger partial charge in [0.2, 0.25) is 0 Å². The molecule has 0 N–H and O–H groups in total. The number of rotatable bonds is 5. The normalized spacial score (nSPS) is 16.3. The first-order chi connectivity index (χ1) is 9.20. The number of hydrogen-bond acceptors (Lipinski definition) is 2. The van der Waals surface area contributed by atoms with E-state index in [2.05, 4.69) is 6.92 Å². The predicted molar refractivity (Wildman–Crippen MR) is 77.9 cm³/mol. The molecular weight excluding hydrogens is 260 g/mol. The summed E-state index contributed by atoms with van der Waals surface area (Å²) in [6.07, 6.45) is 6.55. The van der Waals surface area contributed by atoms with Gasteiger partial charge in [0, 0.05) is 10.9 Å². The first-order valence-electron chi connectivity index (χ1n) is 7.14. The van der Waals surface area contributed by atoms with E-state index in [1.807, 2.05) is 18.2 Å². The first-order valence-corrected chi connectivity index (χ1v) is 7.52.